The third-order valence-electron chi connectivity index (χ3n) is 1.90. The van der Waals surface area contributed by atoms with Gasteiger partial charge in [-0.1, -0.05) is 0 Å². The van der Waals surface area contributed by atoms with Crippen molar-refractivity contribution in [1.82, 2.24) is 9.97 Å². The summed E-state index contributed by atoms with van der Waals surface area (Å²) in [6.07, 6.45) is 1.53. The summed E-state index contributed by atoms with van der Waals surface area (Å²) in [4.78, 5) is 6.83. The topological polar surface area (TPSA) is 95.2 Å². The van der Waals surface area contributed by atoms with Crippen LogP contribution in [0.1, 0.15) is 0 Å². The summed E-state index contributed by atoms with van der Waals surface area (Å²) in [7, 11) is -1.55. The van der Waals surface area contributed by atoms with E-state index in [-0.39, 0.29) is 5.46 Å². The van der Waals surface area contributed by atoms with Gasteiger partial charge in [0.05, 0.1) is 17.4 Å². The monoisotopic (exact) mass is 177 g/mol. The highest BCUT2D eigenvalue weighted by Gasteiger charge is 2.15. The number of nitrogens with two attached hydrogens (primary N) is 1. The second-order valence-electron chi connectivity index (χ2n) is 2.77. The lowest BCUT2D eigenvalue weighted by Gasteiger charge is -2.03. The van der Waals surface area contributed by atoms with E-state index in [1.54, 1.807) is 12.1 Å². The molecule has 1 heterocycles. The zero-order chi connectivity index (χ0) is 9.42. The van der Waals surface area contributed by atoms with E-state index in [4.69, 9.17) is 15.8 Å². The van der Waals surface area contributed by atoms with Gasteiger partial charge in [0, 0.05) is 11.2 Å². The second-order valence-corrected chi connectivity index (χ2v) is 2.77. The summed E-state index contributed by atoms with van der Waals surface area (Å²) >= 11 is 0. The first-order valence-electron chi connectivity index (χ1n) is 3.77. The Morgan fingerprint density at radius 3 is 2.85 bits per heavy atom. The van der Waals surface area contributed by atoms with Crippen LogP contribution in [0.25, 0.3) is 11.0 Å². The minimum Gasteiger partial charge on any atom is -0.423 e. The molecule has 0 amide bonds. The van der Waals surface area contributed by atoms with Crippen LogP contribution in [0.3, 0.4) is 0 Å². The fourth-order valence-corrected chi connectivity index (χ4v) is 1.24. The van der Waals surface area contributed by atoms with Gasteiger partial charge in [0.25, 0.3) is 0 Å². The molecule has 0 spiro atoms. The molecule has 5 nitrogen and oxygen atoms in total. The van der Waals surface area contributed by atoms with Crippen LogP contribution in [0.4, 0.5) is 5.69 Å². The number of hydrogen-bond acceptors (Lipinski definition) is 4. The first-order chi connectivity index (χ1) is 6.18. The predicted octanol–water partition coefficient (Wildman–Crippen LogP) is -1.18. The molecule has 1 aromatic heterocycles. The number of H-pyrrole nitrogens is 1. The van der Waals surface area contributed by atoms with E-state index in [2.05, 4.69) is 9.97 Å². The minimum atomic E-state index is -1.55. The maximum absolute atomic E-state index is 8.94. The van der Waals surface area contributed by atoms with Crippen LogP contribution in [0.5, 0.6) is 0 Å². The van der Waals surface area contributed by atoms with Gasteiger partial charge >= 0.3 is 7.12 Å². The van der Waals surface area contributed by atoms with Crippen molar-refractivity contribution in [2.24, 2.45) is 0 Å². The van der Waals surface area contributed by atoms with Crippen molar-refractivity contribution in [3.63, 3.8) is 0 Å². The average molecular weight is 177 g/mol. The molecule has 0 fully saturated rings. The number of fused-ring (bicyclic) bond motifs is 1. The number of aromatic amines is 1. The van der Waals surface area contributed by atoms with Crippen LogP contribution in [0.2, 0.25) is 0 Å². The van der Waals surface area contributed by atoms with E-state index >= 15 is 0 Å². The second kappa shape index (κ2) is 2.76. The van der Waals surface area contributed by atoms with Gasteiger partial charge in [-0.3, -0.25) is 0 Å². The number of benzene rings is 1. The molecule has 0 saturated carbocycles. The zero-order valence-corrected chi connectivity index (χ0v) is 6.73. The van der Waals surface area contributed by atoms with Gasteiger partial charge < -0.3 is 20.8 Å². The number of imidazole rings is 1. The molecule has 66 valence electrons. The molecule has 2 aromatic rings. The molecule has 13 heavy (non-hydrogen) atoms. The van der Waals surface area contributed by atoms with E-state index in [1.165, 1.54) is 6.33 Å². The van der Waals surface area contributed by atoms with Gasteiger partial charge in [0.1, 0.15) is 0 Å². The fourth-order valence-electron chi connectivity index (χ4n) is 1.24. The molecule has 0 unspecified atom stereocenters. The predicted molar refractivity (Wildman–Crippen MR) is 50.3 cm³/mol. The summed E-state index contributed by atoms with van der Waals surface area (Å²) in [6, 6.07) is 3.17. The number of nitrogens with one attached hydrogen (secondary N) is 1. The van der Waals surface area contributed by atoms with E-state index < -0.39 is 7.12 Å². The molecule has 0 atom stereocenters. The molecule has 5 N–H and O–H groups in total. The van der Waals surface area contributed by atoms with Crippen molar-refractivity contribution in [2.45, 2.75) is 0 Å². The normalized spacial score (nSPS) is 10.6. The fraction of sp³-hybridized carbons (Fsp3) is 0. The number of rotatable bonds is 1. The Kier molecular flexibility index (Phi) is 1.71. The third kappa shape index (κ3) is 1.26. The van der Waals surface area contributed by atoms with E-state index in [0.717, 1.165) is 5.52 Å². The number of nitrogen functional groups attached to an aromatic ring is 1. The van der Waals surface area contributed by atoms with Crippen molar-refractivity contribution in [3.8, 4) is 0 Å². The first-order valence-corrected chi connectivity index (χ1v) is 3.77. The lowest BCUT2D eigenvalue weighted by Crippen LogP contribution is -2.32. The number of nitrogens with zero attached hydrogens (tertiary/aromatic N) is 1. The lowest BCUT2D eigenvalue weighted by atomic mass is 9.79. The standard InChI is InChI=1S/C7H8BN3O2/c9-5-2-7-6(10-3-11-7)1-4(5)8(12)13/h1-3,12-13H,9H2,(H,10,11). The van der Waals surface area contributed by atoms with Crippen molar-refractivity contribution in [1.29, 1.82) is 0 Å². The molecule has 0 radical (unpaired) electrons. The molecule has 0 aliphatic heterocycles. The van der Waals surface area contributed by atoms with Crippen molar-refractivity contribution >= 4 is 29.3 Å². The number of aromatic nitrogens is 2. The average Bonchev–Trinajstić information content (AvgIpc) is 2.48. The highest BCUT2D eigenvalue weighted by Crippen LogP contribution is 2.11. The Bertz CT molecular complexity index is 440. The van der Waals surface area contributed by atoms with Crippen LogP contribution in [0, 0.1) is 0 Å². The lowest BCUT2D eigenvalue weighted by molar-refractivity contribution is 0.426. The highest BCUT2D eigenvalue weighted by molar-refractivity contribution is 6.60. The molecule has 1 aromatic carbocycles. The van der Waals surface area contributed by atoms with Crippen LogP contribution in [0.15, 0.2) is 18.5 Å². The third-order valence-corrected chi connectivity index (χ3v) is 1.90. The Morgan fingerprint density at radius 1 is 1.38 bits per heavy atom. The first kappa shape index (κ1) is 8.09. The van der Waals surface area contributed by atoms with Crippen LogP contribution >= 0.6 is 0 Å². The van der Waals surface area contributed by atoms with Crippen molar-refractivity contribution in [2.75, 3.05) is 5.73 Å². The molecule has 0 aliphatic rings. The van der Waals surface area contributed by atoms with Gasteiger partial charge in [0.2, 0.25) is 0 Å². The largest absolute Gasteiger partial charge is 0.490 e. The molecular formula is C7H8BN3O2. The van der Waals surface area contributed by atoms with Crippen LogP contribution < -0.4 is 11.2 Å². The maximum Gasteiger partial charge on any atom is 0.490 e. The Balaban J connectivity index is 2.69. The highest BCUT2D eigenvalue weighted by atomic mass is 16.4. The number of anilines is 1. The minimum absolute atomic E-state index is 0.289. The number of hydrogen-bond donors (Lipinski definition) is 4. The van der Waals surface area contributed by atoms with Gasteiger partial charge in [-0.15, -0.1) is 0 Å². The van der Waals surface area contributed by atoms with Crippen molar-refractivity contribution in [3.05, 3.63) is 18.5 Å². The zero-order valence-electron chi connectivity index (χ0n) is 6.73. The van der Waals surface area contributed by atoms with E-state index in [0.29, 0.717) is 11.2 Å². The summed E-state index contributed by atoms with van der Waals surface area (Å²) < 4.78 is 0. The quantitative estimate of drug-likeness (QED) is 0.326. The molecule has 0 saturated heterocycles. The smallest absolute Gasteiger partial charge is 0.423 e. The maximum atomic E-state index is 8.94. The van der Waals surface area contributed by atoms with E-state index in [1.807, 2.05) is 0 Å². The Morgan fingerprint density at radius 2 is 2.15 bits per heavy atom. The van der Waals surface area contributed by atoms with Crippen LogP contribution in [-0.2, 0) is 0 Å². The van der Waals surface area contributed by atoms with Gasteiger partial charge in [0.15, 0.2) is 0 Å². The molecule has 0 bridgehead atoms. The molecule has 2 rings (SSSR count). The van der Waals surface area contributed by atoms with Gasteiger partial charge in [-0.05, 0) is 12.1 Å². The SMILES string of the molecule is Nc1cc2nc[nH]c2cc1B(O)O. The molecule has 6 heteroatoms. The summed E-state index contributed by atoms with van der Waals surface area (Å²) in [5, 5.41) is 17.9. The Hall–Kier alpha value is -1.53. The van der Waals surface area contributed by atoms with E-state index in [9.17, 15) is 0 Å². The summed E-state index contributed by atoms with van der Waals surface area (Å²) in [6.45, 7) is 0. The van der Waals surface area contributed by atoms with Crippen molar-refractivity contribution < 1.29 is 10.0 Å². The Labute approximate surface area is 74.4 Å². The summed E-state index contributed by atoms with van der Waals surface area (Å²) in [5.74, 6) is 0. The van der Waals surface area contributed by atoms with Gasteiger partial charge in [-0.2, -0.15) is 0 Å². The summed E-state index contributed by atoms with van der Waals surface area (Å²) in [5.41, 5.74) is 7.63. The van der Waals surface area contributed by atoms with Gasteiger partial charge in [-0.25, -0.2) is 4.98 Å². The van der Waals surface area contributed by atoms with Crippen LogP contribution in [-0.4, -0.2) is 27.1 Å². The molecule has 0 aliphatic carbocycles. The molecular weight excluding hydrogens is 169 g/mol.